The normalized spacial score (nSPS) is 9.67. The average Bonchev–Trinajstić information content (AvgIpc) is 3.05. The van der Waals surface area contributed by atoms with Crippen LogP contribution in [0.3, 0.4) is 0 Å². The molecule has 5 heteroatoms. The number of methoxy groups -OCH3 is 1. The smallest absolute Gasteiger partial charge is 0.195 e. The summed E-state index contributed by atoms with van der Waals surface area (Å²) < 4.78 is 12.9. The van der Waals surface area contributed by atoms with Crippen molar-refractivity contribution in [3.8, 4) is 0 Å². The van der Waals surface area contributed by atoms with Crippen LogP contribution in [0.1, 0.15) is 47.0 Å². The number of fused-ring (bicyclic) bond motifs is 1. The Morgan fingerprint density at radius 3 is 2.62 bits per heavy atom. The fourth-order valence-electron chi connectivity index (χ4n) is 2.08. The molecule has 0 aliphatic rings. The molecule has 2 heterocycles. The van der Waals surface area contributed by atoms with Gasteiger partial charge in [0, 0.05) is 33.3 Å². The monoisotopic (exact) mass is 371 g/mol. The Morgan fingerprint density at radius 1 is 1.29 bits per heavy atom. The Balaban J connectivity index is 0. The number of hydrogen-bond acceptors (Lipinski definition) is 5. The molecule has 0 aliphatic carbocycles. The lowest BCUT2D eigenvalue weighted by atomic mass is 10.2. The van der Waals surface area contributed by atoms with Gasteiger partial charge in [0.2, 0.25) is 0 Å². The van der Waals surface area contributed by atoms with E-state index in [0.29, 0.717) is 0 Å². The van der Waals surface area contributed by atoms with E-state index < -0.39 is 0 Å². The molecule has 0 saturated heterocycles. The van der Waals surface area contributed by atoms with E-state index in [2.05, 4.69) is 30.8 Å². The van der Waals surface area contributed by atoms with E-state index >= 15 is 0 Å². The van der Waals surface area contributed by atoms with Crippen molar-refractivity contribution in [2.24, 2.45) is 0 Å². The van der Waals surface area contributed by atoms with Crippen LogP contribution in [0.5, 0.6) is 0 Å². The van der Waals surface area contributed by atoms with Gasteiger partial charge in [-0.25, -0.2) is 0 Å². The molecule has 0 spiro atoms. The van der Waals surface area contributed by atoms with Crippen molar-refractivity contribution < 1.29 is 10.6 Å². The quantitative estimate of drug-likeness (QED) is 0.305. The Hall–Kier alpha value is -1.17. The molecule has 3 nitrogen and oxygen atoms in total. The molecule has 0 atom stereocenters. The number of thiophene rings is 1. The van der Waals surface area contributed by atoms with Crippen LogP contribution in [-0.2, 0) is 11.2 Å². The van der Waals surface area contributed by atoms with Crippen LogP contribution >= 0.6 is 23.6 Å². The van der Waals surface area contributed by atoms with Crippen LogP contribution in [0.4, 0.5) is 5.88 Å². The minimum Gasteiger partial charge on any atom is -0.440 e. The zero-order valence-corrected chi connectivity index (χ0v) is 17.1. The number of rotatable bonds is 8. The van der Waals surface area contributed by atoms with Crippen LogP contribution in [0.15, 0.2) is 29.0 Å². The molecule has 24 heavy (non-hydrogen) atoms. The average molecular weight is 372 g/mol. The number of anilines is 1. The zero-order chi connectivity index (χ0) is 18.4. The topological polar surface area (TPSA) is 34.4 Å². The molecule has 0 unspecified atom stereocenters. The third-order valence-corrected chi connectivity index (χ3v) is 4.71. The van der Waals surface area contributed by atoms with E-state index in [0.717, 1.165) is 59.5 Å². The highest BCUT2D eigenvalue weighted by molar-refractivity contribution is 7.72. The summed E-state index contributed by atoms with van der Waals surface area (Å²) in [4.78, 5) is 0. The van der Waals surface area contributed by atoms with Crippen LogP contribution in [0, 0.1) is 4.51 Å². The maximum Gasteiger partial charge on any atom is 0.195 e. The summed E-state index contributed by atoms with van der Waals surface area (Å²) in [6, 6.07) is 1.92. The molecule has 0 aromatic carbocycles. The highest BCUT2D eigenvalue weighted by atomic mass is 32.1. The first-order valence-electron chi connectivity index (χ1n) is 8.53. The molecule has 2 aromatic rings. The highest BCUT2D eigenvalue weighted by Gasteiger charge is 2.08. The van der Waals surface area contributed by atoms with Crippen molar-refractivity contribution in [2.75, 3.05) is 25.6 Å². The minimum absolute atomic E-state index is 0. The lowest BCUT2D eigenvalue weighted by Crippen LogP contribution is -2.02. The van der Waals surface area contributed by atoms with Gasteiger partial charge < -0.3 is 14.5 Å². The van der Waals surface area contributed by atoms with Gasteiger partial charge in [0.05, 0.1) is 9.21 Å². The maximum absolute atomic E-state index is 5.94. The van der Waals surface area contributed by atoms with Crippen LogP contribution in [0.2, 0.25) is 0 Å². The van der Waals surface area contributed by atoms with Crippen LogP contribution in [0.25, 0.3) is 10.3 Å². The van der Waals surface area contributed by atoms with Crippen molar-refractivity contribution in [2.45, 2.75) is 46.5 Å². The molecule has 0 aliphatic heterocycles. The second kappa shape index (κ2) is 14.2. The minimum atomic E-state index is 0. The number of ether oxygens (including phenoxy) is 1. The van der Waals surface area contributed by atoms with Gasteiger partial charge in [-0.3, -0.25) is 0 Å². The summed E-state index contributed by atoms with van der Waals surface area (Å²) >= 11 is 7.10. The first-order valence-corrected chi connectivity index (χ1v) is 9.82. The predicted octanol–water partition coefficient (Wildman–Crippen LogP) is 7.09. The van der Waals surface area contributed by atoms with Gasteiger partial charge in [-0.05, 0) is 31.1 Å². The molecule has 0 fully saturated rings. The van der Waals surface area contributed by atoms with Crippen molar-refractivity contribution in [3.63, 3.8) is 0 Å². The first kappa shape index (κ1) is 22.8. The van der Waals surface area contributed by atoms with E-state index in [-0.39, 0.29) is 1.43 Å². The molecular weight excluding hydrogens is 338 g/mol. The van der Waals surface area contributed by atoms with Crippen molar-refractivity contribution in [1.82, 2.24) is 0 Å². The van der Waals surface area contributed by atoms with Gasteiger partial charge in [-0.2, -0.15) is 0 Å². The zero-order valence-electron chi connectivity index (χ0n) is 15.4. The van der Waals surface area contributed by atoms with Gasteiger partial charge in [-0.1, -0.05) is 33.0 Å². The molecule has 2 rings (SSSR count). The second-order valence-electron chi connectivity index (χ2n) is 4.73. The van der Waals surface area contributed by atoms with E-state index in [1.807, 2.05) is 19.9 Å². The Kier molecular flexibility index (Phi) is 13.5. The number of aryl methyl sites for hydroxylation is 1. The van der Waals surface area contributed by atoms with Crippen molar-refractivity contribution >= 4 is 39.7 Å². The van der Waals surface area contributed by atoms with Gasteiger partial charge in [0.15, 0.2) is 11.5 Å². The van der Waals surface area contributed by atoms with Crippen LogP contribution in [-0.4, -0.2) is 20.3 Å². The number of hydrogen-bond donors (Lipinski definition) is 1. The molecule has 2 aromatic heterocycles. The Labute approximate surface area is 157 Å². The van der Waals surface area contributed by atoms with Gasteiger partial charge in [-0.15, -0.1) is 24.5 Å². The highest BCUT2D eigenvalue weighted by Crippen LogP contribution is 2.30. The van der Waals surface area contributed by atoms with Gasteiger partial charge in [0.25, 0.3) is 0 Å². The molecular formula is C19H33NO2S2. The fraction of sp³-hybridized carbons (Fsp3) is 0.526. The molecule has 0 amide bonds. The number of unbranched alkanes of at least 4 members (excludes halogenated alkanes) is 2. The maximum atomic E-state index is 5.94. The fourth-order valence-corrected chi connectivity index (χ4v) is 3.41. The summed E-state index contributed by atoms with van der Waals surface area (Å²) in [6.07, 6.45) is 4.33. The van der Waals surface area contributed by atoms with E-state index in [1.165, 1.54) is 5.56 Å². The largest absolute Gasteiger partial charge is 0.440 e. The molecule has 1 N–H and O–H groups in total. The first-order chi connectivity index (χ1) is 11.8. The number of nitrogens with one attached hydrogen (secondary N) is 1. The summed E-state index contributed by atoms with van der Waals surface area (Å²) in [5.41, 5.74) is 2.19. The summed E-state index contributed by atoms with van der Waals surface area (Å²) in [5.74, 6) is 0.780. The molecule has 138 valence electrons. The third-order valence-electron chi connectivity index (χ3n) is 3.22. The molecule has 0 bridgehead atoms. The lowest BCUT2D eigenvalue weighted by molar-refractivity contribution is 0.192. The van der Waals surface area contributed by atoms with Crippen LogP contribution < -0.4 is 5.32 Å². The molecule has 0 saturated carbocycles. The lowest BCUT2D eigenvalue weighted by Gasteiger charge is -2.06. The van der Waals surface area contributed by atoms with E-state index in [9.17, 15) is 0 Å². The van der Waals surface area contributed by atoms with Gasteiger partial charge in [0.1, 0.15) is 0 Å². The second-order valence-corrected chi connectivity index (χ2v) is 6.05. The Bertz CT molecular complexity index is 625. The summed E-state index contributed by atoms with van der Waals surface area (Å²) in [5, 5.41) is 5.46. The molecule has 0 radical (unpaired) electrons. The SMILES string of the molecule is C=C.CC.CCc1csc2c(=S)cc(NCCCCCOC)oc12.[HH]. The van der Waals surface area contributed by atoms with E-state index in [1.54, 1.807) is 18.4 Å². The summed E-state index contributed by atoms with van der Waals surface area (Å²) in [7, 11) is 1.74. The standard InChI is InChI=1S/C15H21NO2S2.C2H6.C2H4.H2/c1-3-11-10-20-15-12(19)9-13(18-14(11)15)16-7-5-4-6-8-17-2;2*1-2;/h9-10,16H,3-8H2,1-2H3;1-2H3;1-2H2;1H. The third kappa shape index (κ3) is 7.16. The van der Waals surface area contributed by atoms with E-state index in [4.69, 9.17) is 21.4 Å². The van der Waals surface area contributed by atoms with Crippen molar-refractivity contribution in [1.29, 1.82) is 0 Å². The Morgan fingerprint density at radius 2 is 2.00 bits per heavy atom. The summed E-state index contributed by atoms with van der Waals surface area (Å²) in [6.45, 7) is 13.9. The van der Waals surface area contributed by atoms with Crippen molar-refractivity contribution in [3.05, 3.63) is 34.7 Å². The predicted molar refractivity (Wildman–Crippen MR) is 113 cm³/mol. The van der Waals surface area contributed by atoms with Gasteiger partial charge >= 0.3 is 0 Å².